The van der Waals surface area contributed by atoms with Gasteiger partial charge in [0.25, 0.3) is 0 Å². The van der Waals surface area contributed by atoms with E-state index in [1.807, 2.05) is 104 Å². The quantitative estimate of drug-likeness (QED) is 0.0350. The molecule has 9 N–H and O–H groups in total. The molecule has 0 spiro atoms. The van der Waals surface area contributed by atoms with Crippen LogP contribution in [-0.2, 0) is 0 Å². The van der Waals surface area contributed by atoms with Gasteiger partial charge in [-0.1, -0.05) is 121 Å². The molecule has 0 aliphatic heterocycles. The number of nitrogens with two attached hydrogens (primary N) is 1. The summed E-state index contributed by atoms with van der Waals surface area (Å²) in [4.78, 5) is 0. The summed E-state index contributed by atoms with van der Waals surface area (Å²) in [6, 6.07) is 30.9. The molecular weight excluding hydrogens is 983 g/mol. The number of hydrogen-bond acceptors (Lipinski definition) is 12. The first-order chi connectivity index (χ1) is 37.8. The minimum atomic E-state index is -0.528. The average Bonchev–Trinajstić information content (AvgIpc) is 3.46. The van der Waals surface area contributed by atoms with Crippen molar-refractivity contribution in [3.8, 4) is 23.0 Å². The van der Waals surface area contributed by atoms with Gasteiger partial charge in [0.05, 0.1) is 69.2 Å². The summed E-state index contributed by atoms with van der Waals surface area (Å²) < 4.78 is 23.4. The predicted octanol–water partition coefficient (Wildman–Crippen LogP) is 13.0. The smallest absolute Gasteiger partial charge is 0.119 e. The maximum absolute atomic E-state index is 10.0. The second-order valence-electron chi connectivity index (χ2n) is 22.7. The molecule has 8 rings (SSSR count). The molecule has 4 aliphatic carbocycles. The normalized spacial score (nSPS) is 23.0. The van der Waals surface area contributed by atoms with E-state index in [-0.39, 0.29) is 24.4 Å². The highest BCUT2D eigenvalue weighted by Gasteiger charge is 2.23. The van der Waals surface area contributed by atoms with E-state index in [4.69, 9.17) is 24.7 Å². The fourth-order valence-corrected chi connectivity index (χ4v) is 11.1. The molecule has 12 nitrogen and oxygen atoms in total. The molecule has 0 amide bonds. The van der Waals surface area contributed by atoms with Crippen LogP contribution < -0.4 is 24.7 Å². The van der Waals surface area contributed by atoms with E-state index in [1.165, 1.54) is 32.1 Å². The first-order valence-electron chi connectivity index (χ1n) is 30.2. The van der Waals surface area contributed by atoms with Crippen LogP contribution in [0.4, 0.5) is 0 Å². The van der Waals surface area contributed by atoms with Crippen LogP contribution >= 0.6 is 0 Å². The minimum Gasteiger partial charge on any atom is -0.493 e. The molecule has 4 aliphatic rings. The zero-order valence-corrected chi connectivity index (χ0v) is 47.7. The molecule has 0 heterocycles. The SMILES string of the molecule is CCC(O)c1cccc(OCC2CCCCC2)c1.CCC[C@@H](O)c1cccc(OC[C@@H]2CCC[C@@H](O)C2)c1.CCC[C@@H](O)c1cccc(OC[C@H]2CCC[C@@H](O)C2)c1.NCC[C@@H](O)c1cccc(OC[C@@H]2CCC[C@H](O)C2)c1. The second-order valence-corrected chi connectivity index (χ2v) is 22.7. The van der Waals surface area contributed by atoms with Crippen molar-refractivity contribution < 1.29 is 54.7 Å². The summed E-state index contributed by atoms with van der Waals surface area (Å²) in [5.41, 5.74) is 9.11. The van der Waals surface area contributed by atoms with E-state index in [1.54, 1.807) is 0 Å². The van der Waals surface area contributed by atoms with Gasteiger partial charge in [-0.05, 0) is 197 Å². The van der Waals surface area contributed by atoms with Crippen LogP contribution in [0, 0.1) is 23.7 Å². The lowest BCUT2D eigenvalue weighted by Crippen LogP contribution is -2.24. The molecule has 78 heavy (non-hydrogen) atoms. The van der Waals surface area contributed by atoms with Crippen molar-refractivity contribution >= 4 is 0 Å². The monoisotopic (exact) mass is 1080 g/mol. The molecule has 12 heteroatoms. The Morgan fingerprint density at radius 3 is 1.01 bits per heavy atom. The highest BCUT2D eigenvalue weighted by Crippen LogP contribution is 2.31. The lowest BCUT2D eigenvalue weighted by molar-refractivity contribution is 0.0807. The fourth-order valence-electron chi connectivity index (χ4n) is 11.1. The van der Waals surface area contributed by atoms with Crippen molar-refractivity contribution in [2.75, 3.05) is 33.0 Å². The van der Waals surface area contributed by atoms with Crippen LogP contribution in [0.1, 0.15) is 215 Å². The van der Waals surface area contributed by atoms with Crippen molar-refractivity contribution in [2.24, 2.45) is 29.4 Å². The van der Waals surface area contributed by atoms with E-state index in [9.17, 15) is 35.7 Å². The number of benzene rings is 4. The minimum absolute atomic E-state index is 0.157. The van der Waals surface area contributed by atoms with Gasteiger partial charge in [0.1, 0.15) is 23.0 Å². The Bertz CT molecular complexity index is 2000. The van der Waals surface area contributed by atoms with Crippen LogP contribution in [0.2, 0.25) is 0 Å². The molecule has 4 aromatic rings. The zero-order chi connectivity index (χ0) is 55.9. The number of aliphatic hydroxyl groups excluding tert-OH is 7. The molecule has 4 aromatic carbocycles. The van der Waals surface area contributed by atoms with E-state index >= 15 is 0 Å². The van der Waals surface area contributed by atoms with E-state index in [2.05, 4.69) is 13.8 Å². The highest BCUT2D eigenvalue weighted by atomic mass is 16.5. The van der Waals surface area contributed by atoms with Gasteiger partial charge in [-0.2, -0.15) is 0 Å². The van der Waals surface area contributed by atoms with E-state index in [0.717, 1.165) is 167 Å². The van der Waals surface area contributed by atoms with Crippen LogP contribution in [0.15, 0.2) is 97.1 Å². The van der Waals surface area contributed by atoms with Gasteiger partial charge in [-0.25, -0.2) is 0 Å². The van der Waals surface area contributed by atoms with Gasteiger partial charge in [0.15, 0.2) is 0 Å². The third kappa shape index (κ3) is 24.6. The summed E-state index contributed by atoms with van der Waals surface area (Å²) >= 11 is 0. The second kappa shape index (κ2) is 36.9. The molecule has 0 aromatic heterocycles. The van der Waals surface area contributed by atoms with Gasteiger partial charge in [-0.15, -0.1) is 0 Å². The molecule has 4 saturated carbocycles. The zero-order valence-electron chi connectivity index (χ0n) is 47.7. The predicted molar refractivity (Wildman–Crippen MR) is 312 cm³/mol. The Labute approximate surface area is 468 Å². The standard InChI is InChI=1S/2C17H26O3.C16H25NO3.C16H24O2/c2*1-2-5-17(19)14-7-4-9-16(11-14)20-12-13-6-3-8-15(18)10-13;17-8-7-16(19)13-4-2-6-15(10-13)20-11-12-3-1-5-14(18)9-12;1-2-16(17)14-9-6-10-15(11-14)18-12-13-7-4-3-5-8-13/h2*4,7,9,11,13,15,17-19H,2-3,5-6,8,10,12H2,1H3;2,4,6,10,12,14,16,18-19H,1,3,5,7-9,11,17H2;6,9-11,13,16-17H,2-5,7-8,12H2,1H3/t13-,15+,17+;13-,15-,17-;12-,14+,16-;/m011./s1. The Hall–Kier alpha value is -4.24. The number of ether oxygens (including phenoxy) is 4. The molecular formula is C66H101NO11. The Kier molecular flexibility index (Phi) is 30.6. The molecule has 4 fully saturated rings. The van der Waals surface area contributed by atoms with Crippen LogP contribution in [0.5, 0.6) is 23.0 Å². The average molecular weight is 1080 g/mol. The molecule has 1 unspecified atom stereocenters. The summed E-state index contributed by atoms with van der Waals surface area (Å²) in [6.45, 7) is 9.36. The first-order valence-corrected chi connectivity index (χ1v) is 30.2. The molecule has 436 valence electrons. The van der Waals surface area contributed by atoms with Crippen LogP contribution in [-0.4, -0.2) is 87.0 Å². The van der Waals surface area contributed by atoms with Crippen molar-refractivity contribution in [1.82, 2.24) is 0 Å². The molecule has 0 saturated heterocycles. The van der Waals surface area contributed by atoms with Crippen LogP contribution in [0.3, 0.4) is 0 Å². The number of hydrogen-bond donors (Lipinski definition) is 8. The van der Waals surface area contributed by atoms with Gasteiger partial charge < -0.3 is 60.4 Å². The van der Waals surface area contributed by atoms with E-state index in [0.29, 0.717) is 50.5 Å². The fraction of sp³-hybridized carbons (Fsp3) is 0.636. The third-order valence-electron chi connectivity index (χ3n) is 15.9. The third-order valence-corrected chi connectivity index (χ3v) is 15.9. The topological polar surface area (TPSA) is 205 Å². The van der Waals surface area contributed by atoms with Crippen molar-refractivity contribution in [1.29, 1.82) is 0 Å². The maximum Gasteiger partial charge on any atom is 0.119 e. The summed E-state index contributed by atoms with van der Waals surface area (Å²) in [7, 11) is 0. The van der Waals surface area contributed by atoms with E-state index < -0.39 is 18.3 Å². The molecule has 10 atom stereocenters. The van der Waals surface area contributed by atoms with Crippen molar-refractivity contribution in [3.05, 3.63) is 119 Å². The maximum atomic E-state index is 10.0. The van der Waals surface area contributed by atoms with Crippen molar-refractivity contribution in [2.45, 2.75) is 211 Å². The van der Waals surface area contributed by atoms with Gasteiger partial charge in [-0.3, -0.25) is 0 Å². The Morgan fingerprint density at radius 2 is 0.705 bits per heavy atom. The number of aliphatic hydroxyl groups is 7. The highest BCUT2D eigenvalue weighted by molar-refractivity contribution is 5.32. The van der Waals surface area contributed by atoms with Gasteiger partial charge in [0, 0.05) is 0 Å². The Balaban J connectivity index is 0.000000192. The lowest BCUT2D eigenvalue weighted by atomic mass is 9.88. The Morgan fingerprint density at radius 1 is 0.397 bits per heavy atom. The summed E-state index contributed by atoms with van der Waals surface area (Å²) in [5, 5.41) is 68.7. The lowest BCUT2D eigenvalue weighted by Gasteiger charge is -2.25. The summed E-state index contributed by atoms with van der Waals surface area (Å²) in [5.74, 6) is 5.35. The van der Waals surface area contributed by atoms with Gasteiger partial charge >= 0.3 is 0 Å². The largest absolute Gasteiger partial charge is 0.493 e. The number of rotatable bonds is 23. The first kappa shape index (κ1) is 64.6. The summed E-state index contributed by atoms with van der Waals surface area (Å²) in [6.07, 6.45) is 21.2. The van der Waals surface area contributed by atoms with Gasteiger partial charge in [0.2, 0.25) is 0 Å². The molecule has 0 radical (unpaired) electrons. The molecule has 0 bridgehead atoms. The van der Waals surface area contributed by atoms with Crippen molar-refractivity contribution in [3.63, 3.8) is 0 Å². The van der Waals surface area contributed by atoms with Crippen LogP contribution in [0.25, 0.3) is 0 Å².